The van der Waals surface area contributed by atoms with E-state index in [1.165, 1.54) is 4.90 Å². The number of nitrogens with zero attached hydrogens (tertiary/aromatic N) is 4. The van der Waals surface area contributed by atoms with Crippen molar-refractivity contribution in [3.63, 3.8) is 0 Å². The standard InChI is InChI=1S/C18H21F2N5O4S2/c1-12(30)22-10-14-11-25(18(26)29-14)13-8-15(19)17(16(20)9-13)23-3-5-24(6-4-23)31(27,28)7-2-21/h8-9,14H,3-7,10-11H2,1H3,(H,22,30)/t14-/m0/s1. The number of anilines is 2. The summed E-state index contributed by atoms with van der Waals surface area (Å²) in [5, 5.41) is 11.5. The van der Waals surface area contributed by atoms with Gasteiger partial charge in [0.05, 0.1) is 29.8 Å². The molecular formula is C18H21F2N5O4S2. The highest BCUT2D eigenvalue weighted by Gasteiger charge is 2.34. The first kappa shape index (κ1) is 23.1. The molecule has 2 heterocycles. The molecule has 2 aliphatic rings. The van der Waals surface area contributed by atoms with Crippen molar-refractivity contribution in [3.8, 4) is 6.07 Å². The third kappa shape index (κ3) is 5.20. The summed E-state index contributed by atoms with van der Waals surface area (Å²) in [5.74, 6) is -2.38. The summed E-state index contributed by atoms with van der Waals surface area (Å²) in [6.45, 7) is 2.24. The average Bonchev–Trinajstić information content (AvgIpc) is 3.07. The average molecular weight is 474 g/mol. The number of thiocarbonyl (C=S) groups is 1. The zero-order valence-corrected chi connectivity index (χ0v) is 18.3. The molecule has 2 aliphatic heterocycles. The van der Waals surface area contributed by atoms with Gasteiger partial charge in [-0.05, 0) is 6.92 Å². The van der Waals surface area contributed by atoms with Crippen LogP contribution in [0, 0.1) is 23.0 Å². The molecule has 13 heteroatoms. The zero-order chi connectivity index (χ0) is 22.8. The number of halogens is 2. The van der Waals surface area contributed by atoms with Crippen LogP contribution in [0.3, 0.4) is 0 Å². The first-order chi connectivity index (χ1) is 14.6. The molecule has 0 spiro atoms. The molecule has 3 rings (SSSR count). The highest BCUT2D eigenvalue weighted by Crippen LogP contribution is 2.31. The largest absolute Gasteiger partial charge is 0.442 e. The molecule has 0 saturated carbocycles. The van der Waals surface area contributed by atoms with Crippen molar-refractivity contribution in [2.75, 3.05) is 54.8 Å². The molecule has 1 N–H and O–H groups in total. The van der Waals surface area contributed by atoms with Crippen LogP contribution in [0.15, 0.2) is 12.1 Å². The van der Waals surface area contributed by atoms with E-state index in [1.54, 1.807) is 13.0 Å². The van der Waals surface area contributed by atoms with Crippen LogP contribution < -0.4 is 15.1 Å². The van der Waals surface area contributed by atoms with Crippen LogP contribution in [0.2, 0.25) is 0 Å². The minimum absolute atomic E-state index is 0.0110. The van der Waals surface area contributed by atoms with Gasteiger partial charge >= 0.3 is 6.09 Å². The summed E-state index contributed by atoms with van der Waals surface area (Å²) >= 11 is 4.91. The maximum Gasteiger partial charge on any atom is 0.414 e. The quantitative estimate of drug-likeness (QED) is 0.615. The van der Waals surface area contributed by atoms with Crippen molar-refractivity contribution in [2.45, 2.75) is 13.0 Å². The van der Waals surface area contributed by atoms with E-state index in [2.05, 4.69) is 5.32 Å². The Labute approximate surface area is 184 Å². The van der Waals surface area contributed by atoms with Gasteiger partial charge in [-0.2, -0.15) is 9.57 Å². The Morgan fingerprint density at radius 3 is 2.45 bits per heavy atom. The summed E-state index contributed by atoms with van der Waals surface area (Å²) in [5.41, 5.74) is -0.260. The van der Waals surface area contributed by atoms with Gasteiger partial charge in [-0.15, -0.1) is 0 Å². The van der Waals surface area contributed by atoms with Crippen LogP contribution >= 0.6 is 12.2 Å². The number of nitriles is 1. The number of rotatable bonds is 6. The molecule has 0 unspecified atom stereocenters. The Balaban J connectivity index is 1.71. The molecular weight excluding hydrogens is 452 g/mol. The number of cyclic esters (lactones) is 1. The van der Waals surface area contributed by atoms with E-state index in [4.69, 9.17) is 22.2 Å². The minimum Gasteiger partial charge on any atom is -0.442 e. The van der Waals surface area contributed by atoms with Crippen LogP contribution in [0.5, 0.6) is 0 Å². The Hall–Kier alpha value is -2.56. The number of ether oxygens (including phenoxy) is 1. The van der Waals surface area contributed by atoms with Gasteiger partial charge in [-0.25, -0.2) is 22.0 Å². The number of carbonyl (C=O) groups is 1. The van der Waals surface area contributed by atoms with Crippen molar-refractivity contribution in [3.05, 3.63) is 23.8 Å². The number of piperazine rings is 1. The SMILES string of the molecule is CC(=S)NC[C@H]1CN(c2cc(F)c(N3CCN(S(=O)(=O)CC#N)CC3)c(F)c2)C(=O)O1. The van der Waals surface area contributed by atoms with E-state index in [0.717, 1.165) is 21.3 Å². The third-order valence-electron chi connectivity index (χ3n) is 4.96. The lowest BCUT2D eigenvalue weighted by molar-refractivity contribution is 0.143. The van der Waals surface area contributed by atoms with E-state index in [0.29, 0.717) is 11.5 Å². The maximum absolute atomic E-state index is 14.8. The summed E-state index contributed by atoms with van der Waals surface area (Å²) < 4.78 is 59.9. The van der Waals surface area contributed by atoms with Crippen LogP contribution in [0.25, 0.3) is 0 Å². The monoisotopic (exact) mass is 473 g/mol. The second-order valence-corrected chi connectivity index (χ2v) is 9.69. The lowest BCUT2D eigenvalue weighted by Gasteiger charge is -2.35. The Bertz CT molecular complexity index is 999. The van der Waals surface area contributed by atoms with Crippen molar-refractivity contribution in [1.29, 1.82) is 5.26 Å². The van der Waals surface area contributed by atoms with Gasteiger partial charge in [0.1, 0.15) is 11.8 Å². The number of hydrogen-bond acceptors (Lipinski definition) is 7. The number of benzene rings is 1. The van der Waals surface area contributed by atoms with E-state index < -0.39 is 39.6 Å². The summed E-state index contributed by atoms with van der Waals surface area (Å²) in [7, 11) is -3.71. The van der Waals surface area contributed by atoms with E-state index in [9.17, 15) is 22.0 Å². The molecule has 1 atom stereocenters. The van der Waals surface area contributed by atoms with Gasteiger partial charge < -0.3 is 15.0 Å². The molecule has 1 aromatic carbocycles. The molecule has 1 aromatic rings. The number of amides is 1. The number of nitrogens with one attached hydrogen (secondary N) is 1. The fourth-order valence-electron chi connectivity index (χ4n) is 3.47. The molecule has 2 fully saturated rings. The fourth-order valence-corrected chi connectivity index (χ4v) is 4.62. The molecule has 0 aliphatic carbocycles. The lowest BCUT2D eigenvalue weighted by atomic mass is 10.2. The number of hydrogen-bond donors (Lipinski definition) is 1. The Morgan fingerprint density at radius 2 is 1.90 bits per heavy atom. The summed E-state index contributed by atoms with van der Waals surface area (Å²) in [6.07, 6.45) is -1.23. The van der Waals surface area contributed by atoms with Gasteiger partial charge in [0.15, 0.2) is 17.4 Å². The van der Waals surface area contributed by atoms with Gasteiger partial charge in [0.2, 0.25) is 10.0 Å². The Morgan fingerprint density at radius 1 is 1.29 bits per heavy atom. The number of sulfonamides is 1. The summed E-state index contributed by atoms with van der Waals surface area (Å²) in [4.78, 5) is 15.2. The summed E-state index contributed by atoms with van der Waals surface area (Å²) in [6, 6.07) is 3.71. The smallest absolute Gasteiger partial charge is 0.414 e. The fraction of sp³-hybridized carbons (Fsp3) is 0.500. The van der Waals surface area contributed by atoms with Gasteiger partial charge in [0, 0.05) is 38.3 Å². The van der Waals surface area contributed by atoms with E-state index >= 15 is 0 Å². The van der Waals surface area contributed by atoms with Crippen LogP contribution in [-0.4, -0.2) is 74.9 Å². The van der Waals surface area contributed by atoms with Gasteiger partial charge in [-0.3, -0.25) is 4.90 Å². The molecule has 2 saturated heterocycles. The van der Waals surface area contributed by atoms with Crippen molar-refractivity contribution in [2.24, 2.45) is 0 Å². The molecule has 0 radical (unpaired) electrons. The van der Waals surface area contributed by atoms with Gasteiger partial charge in [-0.1, -0.05) is 12.2 Å². The molecule has 0 aromatic heterocycles. The number of carbonyl (C=O) groups excluding carboxylic acids is 1. The van der Waals surface area contributed by atoms with Crippen molar-refractivity contribution >= 4 is 44.7 Å². The van der Waals surface area contributed by atoms with Crippen LogP contribution in [-0.2, 0) is 14.8 Å². The van der Waals surface area contributed by atoms with E-state index in [-0.39, 0.29) is 44.1 Å². The van der Waals surface area contributed by atoms with Crippen molar-refractivity contribution < 1.29 is 26.7 Å². The second-order valence-electron chi connectivity index (χ2n) is 7.11. The topological polar surface area (TPSA) is 106 Å². The molecule has 9 nitrogen and oxygen atoms in total. The zero-order valence-electron chi connectivity index (χ0n) is 16.7. The first-order valence-electron chi connectivity index (χ1n) is 9.43. The highest BCUT2D eigenvalue weighted by molar-refractivity contribution is 7.89. The van der Waals surface area contributed by atoms with Crippen LogP contribution in [0.4, 0.5) is 25.0 Å². The minimum atomic E-state index is -3.71. The lowest BCUT2D eigenvalue weighted by Crippen LogP contribution is -2.49. The highest BCUT2D eigenvalue weighted by atomic mass is 32.2. The second kappa shape index (κ2) is 9.29. The predicted molar refractivity (Wildman–Crippen MR) is 113 cm³/mol. The van der Waals surface area contributed by atoms with Crippen molar-refractivity contribution in [1.82, 2.24) is 9.62 Å². The normalized spacial score (nSPS) is 19.8. The van der Waals surface area contributed by atoms with E-state index in [1.807, 2.05) is 0 Å². The first-order valence-corrected chi connectivity index (χ1v) is 11.5. The molecule has 0 bridgehead atoms. The van der Waals surface area contributed by atoms with Crippen LogP contribution in [0.1, 0.15) is 6.92 Å². The van der Waals surface area contributed by atoms with Gasteiger partial charge in [0.25, 0.3) is 0 Å². The predicted octanol–water partition coefficient (Wildman–Crippen LogP) is 1.20. The maximum atomic E-state index is 14.8. The Kier molecular flexibility index (Phi) is 6.93. The molecule has 1 amide bonds. The molecule has 168 valence electrons. The third-order valence-corrected chi connectivity index (χ3v) is 6.75. The molecule has 31 heavy (non-hydrogen) atoms.